The first kappa shape index (κ1) is 18.6. The van der Waals surface area contributed by atoms with Crippen LogP contribution in [0.2, 0.25) is 0 Å². The zero-order chi connectivity index (χ0) is 19.3. The number of hydrogen-bond donors (Lipinski definition) is 0. The van der Waals surface area contributed by atoms with Gasteiger partial charge in [-0.25, -0.2) is 0 Å². The quantitative estimate of drug-likeness (QED) is 0.802. The topological polar surface area (TPSA) is 42.0 Å². The van der Waals surface area contributed by atoms with E-state index in [9.17, 15) is 4.79 Å². The molecule has 1 amide bonds. The molecule has 0 bridgehead atoms. The molecule has 0 saturated carbocycles. The molecule has 2 aromatic carbocycles. The van der Waals surface area contributed by atoms with Gasteiger partial charge in [0.25, 0.3) is 0 Å². The predicted molar refractivity (Wildman–Crippen MR) is 109 cm³/mol. The molecule has 2 heterocycles. The highest BCUT2D eigenvalue weighted by molar-refractivity contribution is 5.78. The summed E-state index contributed by atoms with van der Waals surface area (Å²) in [5, 5.41) is 0. The van der Waals surface area contributed by atoms with Crippen molar-refractivity contribution in [3.63, 3.8) is 0 Å². The van der Waals surface area contributed by atoms with Gasteiger partial charge in [-0.2, -0.15) is 0 Å². The number of benzene rings is 2. The summed E-state index contributed by atoms with van der Waals surface area (Å²) in [6.45, 7) is 3.11. The maximum Gasteiger partial charge on any atom is 0.236 e. The fraction of sp³-hybridized carbons (Fsp3) is 0.348. The van der Waals surface area contributed by atoms with Crippen LogP contribution in [0.4, 0.5) is 0 Å². The van der Waals surface area contributed by atoms with Gasteiger partial charge < -0.3 is 14.4 Å². The second-order valence-electron chi connectivity index (χ2n) is 7.35. The van der Waals surface area contributed by atoms with Crippen molar-refractivity contribution in [1.29, 1.82) is 0 Å². The summed E-state index contributed by atoms with van der Waals surface area (Å²) in [6, 6.07) is 18.1. The van der Waals surface area contributed by atoms with Gasteiger partial charge in [0.1, 0.15) is 6.61 Å². The minimum absolute atomic E-state index is 0.110. The van der Waals surface area contributed by atoms with E-state index in [4.69, 9.17) is 9.47 Å². The van der Waals surface area contributed by atoms with Gasteiger partial charge >= 0.3 is 0 Å². The van der Waals surface area contributed by atoms with Gasteiger partial charge in [-0.3, -0.25) is 9.69 Å². The van der Waals surface area contributed by atoms with Gasteiger partial charge in [-0.15, -0.1) is 0 Å². The van der Waals surface area contributed by atoms with Crippen molar-refractivity contribution < 1.29 is 14.3 Å². The molecule has 0 radical (unpaired) electrons. The molecule has 0 N–H and O–H groups in total. The third-order valence-electron chi connectivity index (χ3n) is 5.27. The fourth-order valence-corrected chi connectivity index (χ4v) is 3.64. The van der Waals surface area contributed by atoms with Crippen LogP contribution in [0.25, 0.3) is 5.57 Å². The lowest BCUT2D eigenvalue weighted by atomic mass is 10.00. The Morgan fingerprint density at radius 2 is 1.86 bits per heavy atom. The van der Waals surface area contributed by atoms with Crippen LogP contribution in [0, 0.1) is 0 Å². The van der Waals surface area contributed by atoms with Gasteiger partial charge in [0.2, 0.25) is 5.91 Å². The third kappa shape index (κ3) is 4.37. The SMILES string of the molecule is CN(C[C@H]1COc2ccccc2O1)C(=O)CN1CC=C(c2ccccc2)CC1. The molecular formula is C23H26N2O3. The van der Waals surface area contributed by atoms with Crippen molar-refractivity contribution in [3.8, 4) is 11.5 Å². The Kier molecular flexibility index (Phi) is 5.63. The number of carbonyl (C=O) groups is 1. The summed E-state index contributed by atoms with van der Waals surface area (Å²) in [5.74, 6) is 1.62. The molecule has 2 aliphatic heterocycles. The molecule has 0 saturated heterocycles. The second kappa shape index (κ2) is 8.48. The molecule has 5 heteroatoms. The van der Waals surface area contributed by atoms with Crippen molar-refractivity contribution in [1.82, 2.24) is 9.80 Å². The number of rotatable bonds is 5. The molecule has 0 aliphatic carbocycles. The van der Waals surface area contributed by atoms with Crippen LogP contribution in [-0.2, 0) is 4.79 Å². The average Bonchev–Trinajstić information content (AvgIpc) is 2.75. The van der Waals surface area contributed by atoms with E-state index >= 15 is 0 Å². The van der Waals surface area contributed by atoms with Crippen LogP contribution in [0.1, 0.15) is 12.0 Å². The standard InChI is InChI=1S/C23H26N2O3/c1-24(15-20-17-27-21-9-5-6-10-22(21)28-20)23(26)16-25-13-11-19(12-14-25)18-7-3-2-4-8-18/h2-11,20H,12-17H2,1H3/t20-/m0/s1. The van der Waals surface area contributed by atoms with Crippen LogP contribution in [0.15, 0.2) is 60.7 Å². The maximum absolute atomic E-state index is 12.6. The van der Waals surface area contributed by atoms with E-state index in [1.807, 2.05) is 37.4 Å². The zero-order valence-corrected chi connectivity index (χ0v) is 16.2. The van der Waals surface area contributed by atoms with Crippen molar-refractivity contribution in [2.24, 2.45) is 0 Å². The average molecular weight is 378 g/mol. The molecule has 4 rings (SSSR count). The number of hydrogen-bond acceptors (Lipinski definition) is 4. The molecule has 2 aliphatic rings. The zero-order valence-electron chi connectivity index (χ0n) is 16.2. The van der Waals surface area contributed by atoms with E-state index in [1.54, 1.807) is 4.90 Å². The van der Waals surface area contributed by atoms with Gasteiger partial charge in [0.15, 0.2) is 17.6 Å². The minimum atomic E-state index is -0.144. The van der Waals surface area contributed by atoms with Crippen LogP contribution >= 0.6 is 0 Å². The van der Waals surface area contributed by atoms with E-state index in [0.29, 0.717) is 19.7 Å². The van der Waals surface area contributed by atoms with E-state index in [0.717, 1.165) is 31.0 Å². The van der Waals surface area contributed by atoms with E-state index in [-0.39, 0.29) is 12.0 Å². The van der Waals surface area contributed by atoms with E-state index < -0.39 is 0 Å². The Morgan fingerprint density at radius 3 is 2.61 bits per heavy atom. The number of fused-ring (bicyclic) bond motifs is 1. The molecule has 28 heavy (non-hydrogen) atoms. The number of amides is 1. The largest absolute Gasteiger partial charge is 0.486 e. The number of likely N-dealkylation sites (N-methyl/N-ethyl adjacent to an activating group) is 1. The van der Waals surface area contributed by atoms with E-state index in [2.05, 4.69) is 35.2 Å². The Bertz CT molecular complexity index is 850. The summed E-state index contributed by atoms with van der Waals surface area (Å²) in [6.07, 6.45) is 3.06. The lowest BCUT2D eigenvalue weighted by Gasteiger charge is -2.31. The highest BCUT2D eigenvalue weighted by atomic mass is 16.6. The Labute approximate surface area is 166 Å². The van der Waals surface area contributed by atoms with Crippen LogP contribution in [0.5, 0.6) is 11.5 Å². The van der Waals surface area contributed by atoms with Gasteiger partial charge in [0.05, 0.1) is 13.1 Å². The summed E-state index contributed by atoms with van der Waals surface area (Å²) >= 11 is 0. The molecule has 0 aromatic heterocycles. The second-order valence-corrected chi connectivity index (χ2v) is 7.35. The number of carbonyl (C=O) groups excluding carboxylic acids is 1. The molecule has 0 fully saturated rings. The smallest absolute Gasteiger partial charge is 0.236 e. The van der Waals surface area contributed by atoms with Crippen molar-refractivity contribution in [3.05, 3.63) is 66.2 Å². The lowest BCUT2D eigenvalue weighted by Crippen LogP contribution is -2.45. The van der Waals surface area contributed by atoms with Gasteiger partial charge in [-0.05, 0) is 29.7 Å². The molecule has 0 spiro atoms. The first-order valence-corrected chi connectivity index (χ1v) is 9.78. The molecule has 146 valence electrons. The lowest BCUT2D eigenvalue weighted by molar-refractivity contribution is -0.132. The van der Waals surface area contributed by atoms with Crippen molar-refractivity contribution in [2.45, 2.75) is 12.5 Å². The highest BCUT2D eigenvalue weighted by Gasteiger charge is 2.25. The number of nitrogens with zero attached hydrogens (tertiary/aromatic N) is 2. The van der Waals surface area contributed by atoms with Gasteiger partial charge in [-0.1, -0.05) is 48.5 Å². The third-order valence-corrected chi connectivity index (χ3v) is 5.27. The first-order valence-electron chi connectivity index (χ1n) is 9.78. The van der Waals surface area contributed by atoms with E-state index in [1.165, 1.54) is 11.1 Å². The minimum Gasteiger partial charge on any atom is -0.486 e. The maximum atomic E-state index is 12.6. The van der Waals surface area contributed by atoms with Crippen LogP contribution < -0.4 is 9.47 Å². The molecular weight excluding hydrogens is 352 g/mol. The monoisotopic (exact) mass is 378 g/mol. The summed E-state index contributed by atoms with van der Waals surface area (Å²) in [7, 11) is 1.83. The summed E-state index contributed by atoms with van der Waals surface area (Å²) in [4.78, 5) is 16.6. The number of ether oxygens (including phenoxy) is 2. The van der Waals surface area contributed by atoms with Crippen molar-refractivity contribution >= 4 is 11.5 Å². The molecule has 1 atom stereocenters. The van der Waals surface area contributed by atoms with Crippen LogP contribution in [0.3, 0.4) is 0 Å². The van der Waals surface area contributed by atoms with Crippen molar-refractivity contribution in [2.75, 3.05) is 39.8 Å². The highest BCUT2D eigenvalue weighted by Crippen LogP contribution is 2.31. The Morgan fingerprint density at radius 1 is 1.11 bits per heavy atom. The van der Waals surface area contributed by atoms with Gasteiger partial charge in [0, 0.05) is 20.1 Å². The first-order chi connectivity index (χ1) is 13.7. The van der Waals surface area contributed by atoms with Crippen LogP contribution in [-0.4, -0.2) is 61.6 Å². The normalized spacial score (nSPS) is 19.0. The fourth-order valence-electron chi connectivity index (χ4n) is 3.64. The Hall–Kier alpha value is -2.79. The summed E-state index contributed by atoms with van der Waals surface area (Å²) in [5.41, 5.74) is 2.64. The number of para-hydroxylation sites is 2. The Balaban J connectivity index is 1.27. The summed E-state index contributed by atoms with van der Waals surface area (Å²) < 4.78 is 11.7. The molecule has 0 unspecified atom stereocenters. The predicted octanol–water partition coefficient (Wildman–Crippen LogP) is 3.07. The molecule has 2 aromatic rings. The molecule has 5 nitrogen and oxygen atoms in total.